The molecule has 0 radical (unpaired) electrons. The molecule has 5 nitrogen and oxygen atoms in total. The molecule has 0 N–H and O–H groups in total. The average molecular weight is 217 g/mol. The van der Waals surface area contributed by atoms with Gasteiger partial charge in [0.1, 0.15) is 0 Å². The fraction of sp³-hybridized carbons (Fsp3) is 0.364. The molecule has 0 atom stereocenters. The van der Waals surface area contributed by atoms with E-state index in [9.17, 15) is 4.79 Å². The first-order chi connectivity index (χ1) is 7.76. The Bertz CT molecular complexity index is 474. The molecule has 5 heteroatoms. The maximum Gasteiger partial charge on any atom is 0.337 e. The van der Waals surface area contributed by atoms with Crippen LogP contribution in [0.2, 0.25) is 0 Å². The summed E-state index contributed by atoms with van der Waals surface area (Å²) in [5, 5.41) is 3.62. The predicted octanol–water partition coefficient (Wildman–Crippen LogP) is 3.29. The zero-order valence-corrected chi connectivity index (χ0v) is 8.88. The highest BCUT2D eigenvalue weighted by Gasteiger charge is 2.26. The van der Waals surface area contributed by atoms with Crippen molar-refractivity contribution in [1.82, 2.24) is 0 Å². The van der Waals surface area contributed by atoms with Crippen LogP contribution in [0.15, 0.2) is 23.3 Å². The molecule has 0 saturated heterocycles. The van der Waals surface area contributed by atoms with Crippen LogP contribution in [0.4, 0.5) is 5.69 Å². The molecule has 0 heterocycles. The minimum Gasteiger partial charge on any atom is -0.465 e. The van der Waals surface area contributed by atoms with Crippen LogP contribution in [0.1, 0.15) is 34.7 Å². The Morgan fingerprint density at radius 1 is 1.56 bits per heavy atom. The van der Waals surface area contributed by atoms with Gasteiger partial charge in [0, 0.05) is 10.6 Å². The van der Waals surface area contributed by atoms with Gasteiger partial charge in [-0.1, -0.05) is 11.2 Å². The van der Waals surface area contributed by atoms with E-state index < -0.39 is 5.97 Å². The number of esters is 1. The molecule has 0 bridgehead atoms. The van der Waals surface area contributed by atoms with E-state index in [1.54, 1.807) is 12.1 Å². The number of rotatable bonds is 3. The van der Waals surface area contributed by atoms with E-state index in [1.165, 1.54) is 7.11 Å². The van der Waals surface area contributed by atoms with Crippen LogP contribution in [0, 0.1) is 0 Å². The molecule has 0 aliphatic heterocycles. The summed E-state index contributed by atoms with van der Waals surface area (Å²) in [5.74, 6) is 0.0592. The van der Waals surface area contributed by atoms with Gasteiger partial charge in [0.15, 0.2) is 0 Å². The van der Waals surface area contributed by atoms with Crippen molar-refractivity contribution in [1.29, 1.82) is 0 Å². The topological polar surface area (TPSA) is 75.1 Å². The van der Waals surface area contributed by atoms with Crippen LogP contribution in [0.5, 0.6) is 0 Å². The fourth-order valence-electron chi connectivity index (χ4n) is 1.66. The predicted molar refractivity (Wildman–Crippen MR) is 58.6 cm³/mol. The van der Waals surface area contributed by atoms with Crippen LogP contribution in [-0.4, -0.2) is 13.1 Å². The second kappa shape index (κ2) is 4.24. The largest absolute Gasteiger partial charge is 0.465 e. The Balaban J connectivity index is 2.42. The Morgan fingerprint density at radius 3 is 2.88 bits per heavy atom. The van der Waals surface area contributed by atoms with E-state index in [0.29, 0.717) is 17.2 Å². The van der Waals surface area contributed by atoms with Crippen molar-refractivity contribution >= 4 is 11.7 Å². The lowest BCUT2D eigenvalue weighted by atomic mass is 10.1. The first-order valence-electron chi connectivity index (χ1n) is 5.03. The standard InChI is InChI=1S/C11H11N3O2/c1-16-11(15)8-4-5-9(7-2-3-7)10(6-8)13-14-12/h4-7H,2-3H2,1H3. The number of methoxy groups -OCH3 is 1. The van der Waals surface area contributed by atoms with Crippen LogP contribution < -0.4 is 0 Å². The number of nitrogens with zero attached hydrogens (tertiary/aromatic N) is 3. The lowest BCUT2D eigenvalue weighted by molar-refractivity contribution is 0.0601. The quantitative estimate of drug-likeness (QED) is 0.337. The van der Waals surface area contributed by atoms with Gasteiger partial charge in [0.2, 0.25) is 0 Å². The molecule has 1 aromatic carbocycles. The van der Waals surface area contributed by atoms with E-state index >= 15 is 0 Å². The number of hydrogen-bond acceptors (Lipinski definition) is 3. The smallest absolute Gasteiger partial charge is 0.337 e. The average Bonchev–Trinajstić information content (AvgIpc) is 3.12. The van der Waals surface area contributed by atoms with Crippen LogP contribution in [0.25, 0.3) is 10.4 Å². The minimum absolute atomic E-state index is 0.411. The molecular formula is C11H11N3O2. The summed E-state index contributed by atoms with van der Waals surface area (Å²) in [5.41, 5.74) is 10.4. The van der Waals surface area contributed by atoms with E-state index in [1.807, 2.05) is 6.07 Å². The molecule has 1 saturated carbocycles. The van der Waals surface area contributed by atoms with Crippen molar-refractivity contribution in [3.05, 3.63) is 39.8 Å². The Hall–Kier alpha value is -2.00. The molecule has 1 aliphatic carbocycles. The van der Waals surface area contributed by atoms with Gasteiger partial charge in [-0.3, -0.25) is 0 Å². The Labute approximate surface area is 92.7 Å². The lowest BCUT2D eigenvalue weighted by Crippen LogP contribution is -2.01. The highest BCUT2D eigenvalue weighted by molar-refractivity contribution is 5.90. The van der Waals surface area contributed by atoms with Gasteiger partial charge in [-0.2, -0.15) is 0 Å². The van der Waals surface area contributed by atoms with Gasteiger partial charge in [-0.05, 0) is 42.0 Å². The third-order valence-corrected chi connectivity index (χ3v) is 2.62. The first kappa shape index (κ1) is 10.5. The summed E-state index contributed by atoms with van der Waals surface area (Å²) in [4.78, 5) is 14.1. The number of ether oxygens (including phenoxy) is 1. The monoisotopic (exact) mass is 217 g/mol. The van der Waals surface area contributed by atoms with Crippen molar-refractivity contribution < 1.29 is 9.53 Å². The zero-order valence-electron chi connectivity index (χ0n) is 8.88. The van der Waals surface area contributed by atoms with Gasteiger partial charge in [0.25, 0.3) is 0 Å². The van der Waals surface area contributed by atoms with Gasteiger partial charge in [-0.15, -0.1) is 0 Å². The molecule has 16 heavy (non-hydrogen) atoms. The van der Waals surface area contributed by atoms with Crippen molar-refractivity contribution in [2.45, 2.75) is 18.8 Å². The van der Waals surface area contributed by atoms with Gasteiger partial charge >= 0.3 is 5.97 Å². The van der Waals surface area contributed by atoms with E-state index in [0.717, 1.165) is 18.4 Å². The second-order valence-electron chi connectivity index (χ2n) is 3.73. The number of hydrogen-bond donors (Lipinski definition) is 0. The van der Waals surface area contributed by atoms with Gasteiger partial charge < -0.3 is 4.74 Å². The maximum atomic E-state index is 11.3. The number of carbonyl (C=O) groups is 1. The molecule has 0 amide bonds. The third kappa shape index (κ3) is 1.99. The summed E-state index contributed by atoms with van der Waals surface area (Å²) in [6.45, 7) is 0. The summed E-state index contributed by atoms with van der Waals surface area (Å²) in [6, 6.07) is 5.13. The molecule has 0 unspecified atom stereocenters. The summed E-state index contributed by atoms with van der Waals surface area (Å²) in [6.07, 6.45) is 2.23. The molecule has 0 spiro atoms. The molecule has 1 aliphatic rings. The Morgan fingerprint density at radius 2 is 2.31 bits per heavy atom. The summed E-state index contributed by atoms with van der Waals surface area (Å²) in [7, 11) is 1.32. The second-order valence-corrected chi connectivity index (χ2v) is 3.73. The first-order valence-corrected chi connectivity index (χ1v) is 5.03. The van der Waals surface area contributed by atoms with Crippen molar-refractivity contribution in [3.8, 4) is 0 Å². The van der Waals surface area contributed by atoms with Crippen LogP contribution in [-0.2, 0) is 4.74 Å². The molecule has 1 aromatic rings. The van der Waals surface area contributed by atoms with Gasteiger partial charge in [0.05, 0.1) is 12.7 Å². The van der Waals surface area contributed by atoms with Crippen molar-refractivity contribution in [3.63, 3.8) is 0 Å². The third-order valence-electron chi connectivity index (χ3n) is 2.62. The number of benzene rings is 1. The van der Waals surface area contributed by atoms with Crippen LogP contribution >= 0.6 is 0 Å². The Kier molecular flexibility index (Phi) is 2.79. The molecule has 1 fully saturated rings. The SMILES string of the molecule is COC(=O)c1ccc(C2CC2)c(N=[N+]=[N-])c1. The minimum atomic E-state index is -0.420. The van der Waals surface area contributed by atoms with Crippen molar-refractivity contribution in [2.24, 2.45) is 5.11 Å². The van der Waals surface area contributed by atoms with E-state index in [2.05, 4.69) is 14.8 Å². The highest BCUT2D eigenvalue weighted by Crippen LogP contribution is 2.44. The molecular weight excluding hydrogens is 206 g/mol. The normalized spacial score (nSPS) is 14.1. The molecule has 82 valence electrons. The van der Waals surface area contributed by atoms with Crippen LogP contribution in [0.3, 0.4) is 0 Å². The lowest BCUT2D eigenvalue weighted by Gasteiger charge is -2.05. The van der Waals surface area contributed by atoms with Gasteiger partial charge in [-0.25, -0.2) is 4.79 Å². The molecule has 2 rings (SSSR count). The highest BCUT2D eigenvalue weighted by atomic mass is 16.5. The van der Waals surface area contributed by atoms with E-state index in [4.69, 9.17) is 5.53 Å². The number of carbonyl (C=O) groups excluding carboxylic acids is 1. The zero-order chi connectivity index (χ0) is 11.5. The number of azide groups is 1. The van der Waals surface area contributed by atoms with Crippen molar-refractivity contribution in [2.75, 3.05) is 7.11 Å². The summed E-state index contributed by atoms with van der Waals surface area (Å²) >= 11 is 0. The van der Waals surface area contributed by atoms with E-state index in [-0.39, 0.29) is 0 Å². The maximum absolute atomic E-state index is 11.3. The fourth-order valence-corrected chi connectivity index (χ4v) is 1.66. The summed E-state index contributed by atoms with van der Waals surface area (Å²) < 4.78 is 4.61. The molecule has 0 aromatic heterocycles.